The Morgan fingerprint density at radius 3 is 2.82 bits per heavy atom. The van der Waals surface area contributed by atoms with E-state index in [0.29, 0.717) is 29.1 Å². The molecule has 3 heterocycles. The van der Waals surface area contributed by atoms with Crippen LogP contribution in [0.1, 0.15) is 23.4 Å². The van der Waals surface area contributed by atoms with Gasteiger partial charge in [-0.1, -0.05) is 30.3 Å². The molecule has 0 bridgehead atoms. The molecule has 0 saturated carbocycles. The van der Waals surface area contributed by atoms with Crippen LogP contribution in [0.4, 0.5) is 9.18 Å². The van der Waals surface area contributed by atoms with Crippen LogP contribution in [0.25, 0.3) is 5.69 Å². The monoisotopic (exact) mass is 481 g/mol. The van der Waals surface area contributed by atoms with Gasteiger partial charge in [-0.25, -0.2) is 13.9 Å². The van der Waals surface area contributed by atoms with E-state index in [1.54, 1.807) is 49.4 Å². The maximum atomic E-state index is 14.3. The minimum atomic E-state index is -1.37. The molecule has 1 aromatic heterocycles. The van der Waals surface area contributed by atoms with E-state index in [1.807, 2.05) is 0 Å². The maximum absolute atomic E-state index is 14.3. The summed E-state index contributed by atoms with van der Waals surface area (Å²) in [6.45, 7) is 1.56. The number of nitrogens with zero attached hydrogens (tertiary/aromatic N) is 6. The van der Waals surface area contributed by atoms with Gasteiger partial charge in [0.1, 0.15) is 29.6 Å². The van der Waals surface area contributed by atoms with Crippen LogP contribution in [0.2, 0.25) is 0 Å². The largest absolute Gasteiger partial charge is 0.325 e. The molecule has 2 aliphatic heterocycles. The SMILES string of the molecule is C[C@@]1(c2cccc(-n3cnnn3)c2)NC(=O)N(CC(=O)N2CCS[C@@H]2c2ccccc2F)C1=O. The first-order chi connectivity index (χ1) is 16.4. The Morgan fingerprint density at radius 1 is 1.24 bits per heavy atom. The van der Waals surface area contributed by atoms with Crippen LogP contribution in [0.3, 0.4) is 0 Å². The number of carbonyl (C=O) groups excluding carboxylic acids is 3. The van der Waals surface area contributed by atoms with Gasteiger partial charge in [-0.3, -0.25) is 14.5 Å². The average molecular weight is 482 g/mol. The van der Waals surface area contributed by atoms with Crippen molar-refractivity contribution in [3.05, 3.63) is 71.8 Å². The number of urea groups is 1. The molecule has 0 unspecified atom stereocenters. The van der Waals surface area contributed by atoms with Crippen LogP contribution in [0, 0.1) is 5.82 Å². The van der Waals surface area contributed by atoms with Crippen LogP contribution in [0.15, 0.2) is 54.9 Å². The molecule has 2 saturated heterocycles. The number of amides is 4. The number of thioether (sulfide) groups is 1. The van der Waals surface area contributed by atoms with E-state index < -0.39 is 41.1 Å². The lowest BCUT2D eigenvalue weighted by atomic mass is 9.91. The average Bonchev–Trinajstić information content (AvgIpc) is 3.58. The number of benzene rings is 2. The first-order valence-corrected chi connectivity index (χ1v) is 11.6. The fourth-order valence-electron chi connectivity index (χ4n) is 4.16. The number of imide groups is 1. The quantitative estimate of drug-likeness (QED) is 0.553. The van der Waals surface area contributed by atoms with E-state index in [2.05, 4.69) is 20.8 Å². The zero-order chi connectivity index (χ0) is 23.9. The van der Waals surface area contributed by atoms with E-state index in [9.17, 15) is 18.8 Å². The van der Waals surface area contributed by atoms with Crippen molar-refractivity contribution in [3.8, 4) is 5.69 Å². The molecule has 4 amide bonds. The third-order valence-corrected chi connectivity index (χ3v) is 7.23. The molecule has 3 aromatic rings. The highest BCUT2D eigenvalue weighted by atomic mass is 32.2. The summed E-state index contributed by atoms with van der Waals surface area (Å²) in [4.78, 5) is 41.7. The van der Waals surface area contributed by atoms with Gasteiger partial charge in [-0.2, -0.15) is 0 Å². The van der Waals surface area contributed by atoms with Crippen LogP contribution in [0.5, 0.6) is 0 Å². The third-order valence-electron chi connectivity index (χ3n) is 5.99. The number of tetrazole rings is 1. The molecule has 2 aliphatic rings. The summed E-state index contributed by atoms with van der Waals surface area (Å²) in [6, 6.07) is 12.5. The van der Waals surface area contributed by atoms with E-state index in [1.165, 1.54) is 33.7 Å². The molecule has 174 valence electrons. The maximum Gasteiger partial charge on any atom is 0.325 e. The van der Waals surface area contributed by atoms with E-state index in [-0.39, 0.29) is 0 Å². The van der Waals surface area contributed by atoms with Crippen LogP contribution < -0.4 is 5.32 Å². The van der Waals surface area contributed by atoms with Crippen LogP contribution >= 0.6 is 11.8 Å². The molecule has 0 spiro atoms. The number of hydrogen-bond acceptors (Lipinski definition) is 7. The molecular formula is C22H20FN7O3S. The summed E-state index contributed by atoms with van der Waals surface area (Å²) in [6.07, 6.45) is 1.42. The lowest BCUT2D eigenvalue weighted by Gasteiger charge is -2.26. The molecule has 2 aromatic carbocycles. The second-order valence-corrected chi connectivity index (χ2v) is 9.27. The van der Waals surface area contributed by atoms with Gasteiger partial charge < -0.3 is 10.2 Å². The molecule has 12 heteroatoms. The highest BCUT2D eigenvalue weighted by Crippen LogP contribution is 2.39. The van der Waals surface area contributed by atoms with Crippen molar-refractivity contribution in [2.75, 3.05) is 18.8 Å². The van der Waals surface area contributed by atoms with Gasteiger partial charge in [0.05, 0.1) is 5.69 Å². The van der Waals surface area contributed by atoms with Gasteiger partial charge in [0.25, 0.3) is 5.91 Å². The predicted octanol–water partition coefficient (Wildman–Crippen LogP) is 1.84. The molecule has 0 aliphatic carbocycles. The van der Waals surface area contributed by atoms with Crippen molar-refractivity contribution in [1.82, 2.24) is 35.3 Å². The Hall–Kier alpha value is -3.80. The fourth-order valence-corrected chi connectivity index (χ4v) is 5.46. The Kier molecular flexibility index (Phi) is 5.52. The molecule has 2 fully saturated rings. The Balaban J connectivity index is 1.36. The summed E-state index contributed by atoms with van der Waals surface area (Å²) in [7, 11) is 0. The summed E-state index contributed by atoms with van der Waals surface area (Å²) in [5.41, 5.74) is 0.170. The van der Waals surface area contributed by atoms with Gasteiger partial charge >= 0.3 is 6.03 Å². The highest BCUT2D eigenvalue weighted by Gasteiger charge is 2.50. The number of carbonyl (C=O) groups is 3. The number of hydrogen-bond donors (Lipinski definition) is 1. The van der Waals surface area contributed by atoms with Crippen molar-refractivity contribution in [1.29, 1.82) is 0 Å². The molecule has 10 nitrogen and oxygen atoms in total. The summed E-state index contributed by atoms with van der Waals surface area (Å²) in [5.74, 6) is -0.737. The van der Waals surface area contributed by atoms with E-state index in [0.717, 1.165) is 4.90 Å². The zero-order valence-corrected chi connectivity index (χ0v) is 18.9. The Bertz CT molecular complexity index is 1270. The minimum Gasteiger partial charge on any atom is -0.324 e. The molecule has 2 atom stereocenters. The first-order valence-electron chi connectivity index (χ1n) is 10.5. The van der Waals surface area contributed by atoms with Crippen LogP contribution in [-0.4, -0.2) is 66.7 Å². The molecule has 0 radical (unpaired) electrons. The summed E-state index contributed by atoms with van der Waals surface area (Å²) in [5, 5.41) is 13.3. The van der Waals surface area contributed by atoms with E-state index >= 15 is 0 Å². The molecule has 5 rings (SSSR count). The number of halogens is 1. The Morgan fingerprint density at radius 2 is 2.06 bits per heavy atom. The number of aromatic nitrogens is 4. The van der Waals surface area contributed by atoms with Crippen molar-refractivity contribution in [2.45, 2.75) is 17.8 Å². The lowest BCUT2D eigenvalue weighted by Crippen LogP contribution is -2.44. The second-order valence-electron chi connectivity index (χ2n) is 8.08. The normalized spacial score (nSPS) is 22.4. The van der Waals surface area contributed by atoms with Crippen LogP contribution in [-0.2, 0) is 15.1 Å². The molecular weight excluding hydrogens is 461 g/mol. The minimum absolute atomic E-state index is 0.398. The summed E-state index contributed by atoms with van der Waals surface area (Å²) < 4.78 is 15.8. The third kappa shape index (κ3) is 3.69. The van der Waals surface area contributed by atoms with Crippen molar-refractivity contribution < 1.29 is 18.8 Å². The first kappa shape index (κ1) is 22.0. The molecule has 1 N–H and O–H groups in total. The van der Waals surface area contributed by atoms with Gasteiger partial charge in [0.2, 0.25) is 5.91 Å². The van der Waals surface area contributed by atoms with Gasteiger partial charge in [0, 0.05) is 17.9 Å². The lowest BCUT2D eigenvalue weighted by molar-refractivity contribution is -0.139. The molecule has 34 heavy (non-hydrogen) atoms. The van der Waals surface area contributed by atoms with Gasteiger partial charge in [-0.05, 0) is 41.1 Å². The number of nitrogens with one attached hydrogen (secondary N) is 1. The topological polar surface area (TPSA) is 113 Å². The zero-order valence-electron chi connectivity index (χ0n) is 18.1. The van der Waals surface area contributed by atoms with Crippen molar-refractivity contribution >= 4 is 29.6 Å². The standard InChI is InChI=1S/C22H20FN7O3S/c1-22(14-5-4-6-15(11-14)30-13-24-26-27-30)20(32)29(21(33)25-22)12-18(31)28-9-10-34-19(28)16-7-2-3-8-17(16)23/h2-8,11,13,19H,9-10,12H2,1H3,(H,25,33)/t19-,22+/m1/s1. The predicted molar refractivity (Wildman–Crippen MR) is 120 cm³/mol. The van der Waals surface area contributed by atoms with Crippen molar-refractivity contribution in [3.63, 3.8) is 0 Å². The van der Waals surface area contributed by atoms with Gasteiger partial charge in [0.15, 0.2) is 0 Å². The second kappa shape index (κ2) is 8.52. The van der Waals surface area contributed by atoms with Crippen molar-refractivity contribution in [2.24, 2.45) is 0 Å². The van der Waals surface area contributed by atoms with E-state index in [4.69, 9.17) is 0 Å². The Labute approximate surface area is 198 Å². The van der Waals surface area contributed by atoms with Gasteiger partial charge in [-0.15, -0.1) is 16.9 Å². The fraction of sp³-hybridized carbons (Fsp3) is 0.273. The smallest absolute Gasteiger partial charge is 0.324 e. The number of rotatable bonds is 5. The summed E-state index contributed by atoms with van der Waals surface area (Å²) >= 11 is 1.45. The highest BCUT2D eigenvalue weighted by molar-refractivity contribution is 7.99.